The second-order valence-corrected chi connectivity index (χ2v) is 6.49. The van der Waals surface area contributed by atoms with Gasteiger partial charge in [-0.25, -0.2) is 0 Å². The highest BCUT2D eigenvalue weighted by molar-refractivity contribution is 5.03. The van der Waals surface area contributed by atoms with Gasteiger partial charge in [-0.3, -0.25) is 4.90 Å². The van der Waals surface area contributed by atoms with Crippen molar-refractivity contribution in [2.24, 2.45) is 0 Å². The number of nitrogens with zero attached hydrogens (tertiary/aromatic N) is 1. The molecule has 2 aliphatic rings. The fourth-order valence-corrected chi connectivity index (χ4v) is 3.75. The summed E-state index contributed by atoms with van der Waals surface area (Å²) >= 11 is 0. The van der Waals surface area contributed by atoms with E-state index in [-0.39, 0.29) is 0 Å². The van der Waals surface area contributed by atoms with Crippen LogP contribution in [0.2, 0.25) is 0 Å². The minimum Gasteiger partial charge on any atom is -0.400 e. The Kier molecular flexibility index (Phi) is 10.4. The van der Waals surface area contributed by atoms with E-state index in [0.29, 0.717) is 0 Å². The molecule has 0 aromatic carbocycles. The third-order valence-corrected chi connectivity index (χ3v) is 4.98. The molecule has 0 aromatic rings. The Bertz CT molecular complexity index is 207. The zero-order chi connectivity index (χ0) is 14.6. The third-order valence-electron chi connectivity index (χ3n) is 4.98. The zero-order valence-electron chi connectivity index (χ0n) is 13.9. The largest absolute Gasteiger partial charge is 0.400 e. The van der Waals surface area contributed by atoms with Crippen molar-refractivity contribution in [2.45, 2.75) is 102 Å². The Hall–Kier alpha value is -0.0800. The van der Waals surface area contributed by atoms with Gasteiger partial charge in [0.25, 0.3) is 0 Å². The van der Waals surface area contributed by atoms with Gasteiger partial charge in [0, 0.05) is 19.2 Å². The summed E-state index contributed by atoms with van der Waals surface area (Å²) in [6, 6.07) is 2.03. The summed E-state index contributed by atoms with van der Waals surface area (Å²) < 4.78 is 0. The molecule has 0 spiro atoms. The maximum absolute atomic E-state index is 7.00. The predicted molar refractivity (Wildman–Crippen MR) is 88.1 cm³/mol. The molecule has 1 N–H and O–H groups in total. The number of fused-ring (bicyclic) bond motifs is 1. The number of hydrogen-bond acceptors (Lipinski definition) is 2. The molecule has 2 rings (SSSR count). The van der Waals surface area contributed by atoms with E-state index in [9.17, 15) is 0 Å². The molecule has 20 heavy (non-hydrogen) atoms. The summed E-state index contributed by atoms with van der Waals surface area (Å²) in [7, 11) is 1.00. The first-order valence-corrected chi connectivity index (χ1v) is 9.14. The summed E-state index contributed by atoms with van der Waals surface area (Å²) in [6.07, 6.45) is 19.2. The summed E-state index contributed by atoms with van der Waals surface area (Å²) in [4.78, 5) is 2.76. The van der Waals surface area contributed by atoms with Gasteiger partial charge in [-0.15, -0.1) is 0 Å². The lowest BCUT2D eigenvalue weighted by atomic mass is 10.0. The molecule has 2 heteroatoms. The molecule has 0 saturated carbocycles. The SMILES string of the molecule is CCCCCCCCCCCC1C2CCCCN12.CO. The zero-order valence-corrected chi connectivity index (χ0v) is 13.9. The standard InChI is InChI=1S/C17H33N.CH4O/c1-2-3-4-5-6-7-8-9-10-13-16-17-14-11-12-15-18(16)17;1-2/h16-17H,2-15H2,1H3;2H,1H3. The average Bonchev–Trinajstić information content (AvgIpc) is 3.21. The summed E-state index contributed by atoms with van der Waals surface area (Å²) in [5, 5.41) is 7.00. The van der Waals surface area contributed by atoms with Gasteiger partial charge in [0.2, 0.25) is 0 Å². The highest BCUT2D eigenvalue weighted by atomic mass is 16.2. The third kappa shape index (κ3) is 6.58. The maximum atomic E-state index is 7.00. The van der Waals surface area contributed by atoms with Crippen molar-refractivity contribution in [3.05, 3.63) is 0 Å². The molecule has 3 unspecified atom stereocenters. The molecular formula is C18H37NO. The Morgan fingerprint density at radius 1 is 0.850 bits per heavy atom. The quantitative estimate of drug-likeness (QED) is 0.462. The fourth-order valence-electron chi connectivity index (χ4n) is 3.75. The van der Waals surface area contributed by atoms with E-state index in [1.54, 1.807) is 0 Å². The number of hydrogen-bond donors (Lipinski definition) is 1. The molecule has 0 radical (unpaired) electrons. The minimum absolute atomic E-state index is 1.00. The smallest absolute Gasteiger partial charge is 0.0319 e. The highest BCUT2D eigenvalue weighted by Gasteiger charge is 2.46. The van der Waals surface area contributed by atoms with Crippen LogP contribution in [0.1, 0.15) is 90.4 Å². The van der Waals surface area contributed by atoms with Gasteiger partial charge in [-0.05, 0) is 25.8 Å². The monoisotopic (exact) mass is 283 g/mol. The average molecular weight is 283 g/mol. The van der Waals surface area contributed by atoms with Crippen molar-refractivity contribution in [1.82, 2.24) is 4.90 Å². The van der Waals surface area contributed by atoms with E-state index in [1.165, 1.54) is 90.0 Å². The van der Waals surface area contributed by atoms with Gasteiger partial charge in [-0.2, -0.15) is 0 Å². The van der Waals surface area contributed by atoms with E-state index in [1.807, 2.05) is 0 Å². The molecular weight excluding hydrogens is 246 g/mol. The van der Waals surface area contributed by atoms with Crippen molar-refractivity contribution in [1.29, 1.82) is 0 Å². The normalized spacial score (nSPS) is 27.4. The molecule has 120 valence electrons. The lowest BCUT2D eigenvalue weighted by Gasteiger charge is -2.08. The van der Waals surface area contributed by atoms with Crippen molar-refractivity contribution in [3.63, 3.8) is 0 Å². The van der Waals surface area contributed by atoms with Crippen LogP contribution in [0.25, 0.3) is 0 Å². The number of piperidine rings is 1. The van der Waals surface area contributed by atoms with Crippen LogP contribution in [0.5, 0.6) is 0 Å². The summed E-state index contributed by atoms with van der Waals surface area (Å²) in [5.41, 5.74) is 0. The van der Waals surface area contributed by atoms with Gasteiger partial charge in [0.05, 0.1) is 0 Å². The van der Waals surface area contributed by atoms with Crippen molar-refractivity contribution >= 4 is 0 Å². The molecule has 0 aromatic heterocycles. The van der Waals surface area contributed by atoms with Gasteiger partial charge in [0.15, 0.2) is 0 Å². The molecule has 2 nitrogen and oxygen atoms in total. The van der Waals surface area contributed by atoms with Crippen LogP contribution in [0.15, 0.2) is 0 Å². The molecule has 2 fully saturated rings. The molecule has 2 aliphatic heterocycles. The topological polar surface area (TPSA) is 23.2 Å². The van der Waals surface area contributed by atoms with Crippen LogP contribution in [-0.2, 0) is 0 Å². The van der Waals surface area contributed by atoms with Crippen molar-refractivity contribution in [2.75, 3.05) is 13.7 Å². The van der Waals surface area contributed by atoms with E-state index in [2.05, 4.69) is 11.8 Å². The first kappa shape index (κ1) is 18.0. The van der Waals surface area contributed by atoms with Crippen LogP contribution in [0.3, 0.4) is 0 Å². The second-order valence-electron chi connectivity index (χ2n) is 6.49. The number of rotatable bonds is 10. The summed E-state index contributed by atoms with van der Waals surface area (Å²) in [5.74, 6) is 0. The van der Waals surface area contributed by atoms with Crippen molar-refractivity contribution in [3.8, 4) is 0 Å². The fraction of sp³-hybridized carbons (Fsp3) is 1.00. The lowest BCUT2D eigenvalue weighted by Crippen LogP contribution is -2.09. The molecule has 0 bridgehead atoms. The van der Waals surface area contributed by atoms with Gasteiger partial charge in [-0.1, -0.05) is 71.1 Å². The van der Waals surface area contributed by atoms with Crippen LogP contribution in [-0.4, -0.2) is 35.7 Å². The van der Waals surface area contributed by atoms with Crippen LogP contribution < -0.4 is 0 Å². The maximum Gasteiger partial charge on any atom is 0.0319 e. The van der Waals surface area contributed by atoms with E-state index in [0.717, 1.165) is 19.2 Å². The van der Waals surface area contributed by atoms with E-state index in [4.69, 9.17) is 5.11 Å². The predicted octanol–water partition coefficient (Wildman–Crippen LogP) is 4.75. The van der Waals surface area contributed by atoms with Gasteiger partial charge < -0.3 is 5.11 Å². The van der Waals surface area contributed by atoms with Gasteiger partial charge in [0.1, 0.15) is 0 Å². The first-order valence-electron chi connectivity index (χ1n) is 9.14. The molecule has 3 atom stereocenters. The molecule has 0 aliphatic carbocycles. The minimum atomic E-state index is 1.00. The molecule has 2 saturated heterocycles. The second kappa shape index (κ2) is 11.6. The van der Waals surface area contributed by atoms with Crippen LogP contribution in [0, 0.1) is 0 Å². The Labute approximate surface area is 126 Å². The van der Waals surface area contributed by atoms with Crippen LogP contribution >= 0.6 is 0 Å². The summed E-state index contributed by atoms with van der Waals surface area (Å²) in [6.45, 7) is 3.71. The lowest BCUT2D eigenvalue weighted by molar-refractivity contribution is 0.393. The van der Waals surface area contributed by atoms with Crippen molar-refractivity contribution < 1.29 is 5.11 Å². The number of aliphatic hydroxyl groups is 1. The van der Waals surface area contributed by atoms with Crippen LogP contribution in [0.4, 0.5) is 0 Å². The number of aliphatic hydroxyl groups excluding tert-OH is 1. The van der Waals surface area contributed by atoms with Gasteiger partial charge >= 0.3 is 0 Å². The highest BCUT2D eigenvalue weighted by Crippen LogP contribution is 2.39. The number of unbranched alkanes of at least 4 members (excludes halogenated alkanes) is 8. The Morgan fingerprint density at radius 3 is 2.00 bits per heavy atom. The first-order chi connectivity index (χ1) is 9.93. The van der Waals surface area contributed by atoms with E-state index < -0.39 is 0 Å². The Balaban J connectivity index is 0.000000956. The molecule has 0 amide bonds. The Morgan fingerprint density at radius 2 is 1.45 bits per heavy atom. The van der Waals surface area contributed by atoms with E-state index >= 15 is 0 Å². The molecule has 2 heterocycles.